The van der Waals surface area contributed by atoms with E-state index in [1.807, 2.05) is 0 Å². The Bertz CT molecular complexity index is 2740. The average molecular weight is 644 g/mol. The number of hydrazone groups is 1. The third kappa shape index (κ3) is 3.67. The molecule has 1 spiro atoms. The van der Waals surface area contributed by atoms with Gasteiger partial charge in [0.05, 0.1) is 45.3 Å². The van der Waals surface area contributed by atoms with E-state index in [0.29, 0.717) is 5.56 Å². The smallest absolute Gasteiger partial charge is 0.307 e. The van der Waals surface area contributed by atoms with Crippen molar-refractivity contribution >= 4 is 46.0 Å². The molecule has 3 aromatic rings. The minimum atomic E-state index is -2.02. The van der Waals surface area contributed by atoms with Crippen molar-refractivity contribution in [1.29, 1.82) is 0 Å². The summed E-state index contributed by atoms with van der Waals surface area (Å²) >= 11 is 5.67. The Morgan fingerprint density at radius 1 is 1.00 bits per heavy atom. The number of aliphatic hydroxyl groups excluding tert-OH is 2. The van der Waals surface area contributed by atoms with Gasteiger partial charge in [-0.05, 0) is 53.6 Å². The van der Waals surface area contributed by atoms with Gasteiger partial charge in [0.1, 0.15) is 22.7 Å². The quantitative estimate of drug-likeness (QED) is 0.124. The first-order valence-electron chi connectivity index (χ1n) is 13.5. The molecule has 0 bridgehead atoms. The van der Waals surface area contributed by atoms with Gasteiger partial charge in [0.25, 0.3) is 5.56 Å². The van der Waals surface area contributed by atoms with Crippen LogP contribution in [0.1, 0.15) is 33.8 Å². The number of ether oxygens (including phenoxy) is 1. The number of benzene rings is 1. The normalized spacial score (nSPS) is 17.0. The van der Waals surface area contributed by atoms with Crippen molar-refractivity contribution in [2.75, 3.05) is 7.11 Å². The lowest BCUT2D eigenvalue weighted by atomic mass is 9.78. The van der Waals surface area contributed by atoms with Crippen molar-refractivity contribution in [1.82, 2.24) is 10.4 Å². The molecule has 14 nitrogen and oxygen atoms in total. The highest BCUT2D eigenvalue weighted by Crippen LogP contribution is 2.54. The SMILES string of the molecule is COc1cc(=O)c2c(=O)c3c(c(=O)c=2c1=O)=C(O)[C@]1(CCc2cc4cc(/C=N/NC(=O)c5ccc(Cl)o5)[nH]c(=O)c4c(O)c21)C=3O. The predicted octanol–water partition coefficient (Wildman–Crippen LogP) is -0.476. The van der Waals surface area contributed by atoms with Crippen LogP contribution in [0.3, 0.4) is 0 Å². The maximum atomic E-state index is 13.6. The maximum Gasteiger partial charge on any atom is 0.307 e. The van der Waals surface area contributed by atoms with Crippen LogP contribution >= 0.6 is 11.6 Å². The van der Waals surface area contributed by atoms with E-state index < -0.39 is 82.5 Å². The number of furan rings is 1. The molecule has 2 aromatic heterocycles. The van der Waals surface area contributed by atoms with Crippen LogP contribution in [0, 0.1) is 10.4 Å². The number of phenols is 1. The zero-order valence-corrected chi connectivity index (χ0v) is 24.1. The van der Waals surface area contributed by atoms with Gasteiger partial charge in [-0.25, -0.2) is 5.43 Å². The van der Waals surface area contributed by atoms with E-state index >= 15 is 0 Å². The van der Waals surface area contributed by atoms with Gasteiger partial charge in [-0.2, -0.15) is 5.10 Å². The molecule has 0 aliphatic heterocycles. The summed E-state index contributed by atoms with van der Waals surface area (Å²) in [7, 11) is 1.10. The minimum absolute atomic E-state index is 0.00431. The fourth-order valence-electron chi connectivity index (χ4n) is 6.49. The Hall–Kier alpha value is -6.02. The van der Waals surface area contributed by atoms with Crippen LogP contribution < -0.4 is 47.9 Å². The monoisotopic (exact) mass is 643 g/mol. The number of rotatable bonds is 4. The molecule has 15 heteroatoms. The maximum absolute atomic E-state index is 13.6. The summed E-state index contributed by atoms with van der Waals surface area (Å²) in [6, 6.07) is 6.46. The second-order valence-corrected chi connectivity index (χ2v) is 11.1. The molecule has 5 N–H and O–H groups in total. The van der Waals surface area contributed by atoms with Crippen molar-refractivity contribution in [3.05, 3.63) is 130 Å². The zero-order valence-electron chi connectivity index (χ0n) is 23.3. The van der Waals surface area contributed by atoms with Crippen LogP contribution in [0.2, 0.25) is 5.22 Å². The van der Waals surface area contributed by atoms with Crippen LogP contribution in [0.4, 0.5) is 0 Å². The number of carbonyl (C=O) groups excluding carboxylic acids is 1. The number of aryl methyl sites for hydroxylation is 1. The van der Waals surface area contributed by atoms with Crippen molar-refractivity contribution in [3.63, 3.8) is 0 Å². The van der Waals surface area contributed by atoms with Gasteiger partial charge in [-0.1, -0.05) is 6.07 Å². The fraction of sp³-hybridized carbons (Fsp3) is 0.129. The molecule has 1 amide bonds. The minimum Gasteiger partial charge on any atom is -0.510 e. The number of pyridine rings is 1. The van der Waals surface area contributed by atoms with Gasteiger partial charge >= 0.3 is 5.91 Å². The first kappa shape index (κ1) is 28.7. The van der Waals surface area contributed by atoms with Gasteiger partial charge in [0, 0.05) is 11.6 Å². The number of carbonyl (C=O) groups is 1. The first-order valence-corrected chi connectivity index (χ1v) is 13.9. The van der Waals surface area contributed by atoms with E-state index in [-0.39, 0.29) is 45.9 Å². The van der Waals surface area contributed by atoms with Crippen LogP contribution in [0.5, 0.6) is 11.5 Å². The summed E-state index contributed by atoms with van der Waals surface area (Å²) < 4.78 is 9.88. The Kier molecular flexibility index (Phi) is 6.08. The fourth-order valence-corrected chi connectivity index (χ4v) is 6.64. The lowest BCUT2D eigenvalue weighted by molar-refractivity contribution is 0.0927. The summed E-state index contributed by atoms with van der Waals surface area (Å²) in [5.41, 5.74) is -4.56. The molecule has 230 valence electrons. The molecule has 2 heterocycles. The third-order valence-corrected chi connectivity index (χ3v) is 8.64. The second-order valence-electron chi connectivity index (χ2n) is 10.7. The molecule has 0 saturated heterocycles. The molecule has 0 unspecified atom stereocenters. The first-order chi connectivity index (χ1) is 21.9. The lowest BCUT2D eigenvalue weighted by Gasteiger charge is -2.27. The number of nitrogens with zero attached hydrogens (tertiary/aromatic N) is 1. The molecule has 7 rings (SSSR count). The second kappa shape index (κ2) is 9.74. The number of halogens is 1. The predicted molar refractivity (Wildman–Crippen MR) is 162 cm³/mol. The van der Waals surface area contributed by atoms with E-state index in [1.165, 1.54) is 24.3 Å². The number of nitrogens with one attached hydrogen (secondary N) is 2. The molecule has 0 saturated carbocycles. The molecule has 1 aromatic carbocycles. The highest BCUT2D eigenvalue weighted by molar-refractivity contribution is 6.29. The summed E-state index contributed by atoms with van der Waals surface area (Å²) in [5.74, 6) is -3.51. The van der Waals surface area contributed by atoms with E-state index in [4.69, 9.17) is 20.8 Å². The number of methoxy groups -OCH3 is 1. The molecule has 1 atom stereocenters. The van der Waals surface area contributed by atoms with Gasteiger partial charge < -0.3 is 29.5 Å². The average Bonchev–Trinajstić information content (AvgIpc) is 3.68. The number of fused-ring (bicyclic) bond motifs is 4. The largest absolute Gasteiger partial charge is 0.510 e. The highest BCUT2D eigenvalue weighted by Gasteiger charge is 2.53. The van der Waals surface area contributed by atoms with Crippen LogP contribution in [0.15, 0.2) is 63.8 Å². The lowest BCUT2D eigenvalue weighted by Crippen LogP contribution is -2.51. The van der Waals surface area contributed by atoms with Gasteiger partial charge in [0.15, 0.2) is 22.2 Å². The standard InChI is InChI=1S/C31H18ClN3O11/c1-45-15-8-13(36)18-19(23(15)37)25(39)21-20(24(18)38)27(41)31(28(21)42)5-4-10-6-11-7-12(34-30(44)17(11)26(40)22(10)31)9-33-35-29(43)14-2-3-16(32)46-14/h2-3,6-9,40-42H,4-5H2,1H3,(H,34,44)(H,35,43)/b33-9+/t31-/m0/s1. The molecular formula is C31H18ClN3O11. The number of phenolic OH excluding ortho intramolecular Hbond substituents is 1. The summed E-state index contributed by atoms with van der Waals surface area (Å²) in [5, 5.41) is 35.5. The number of H-pyrrole nitrogens is 1. The van der Waals surface area contributed by atoms with Gasteiger partial charge in [-0.3, -0.25) is 28.8 Å². The summed E-state index contributed by atoms with van der Waals surface area (Å²) in [4.78, 5) is 80.7. The number of amides is 1. The molecule has 4 aliphatic carbocycles. The number of hydrogen-bond acceptors (Lipinski definition) is 12. The van der Waals surface area contributed by atoms with Gasteiger partial charge in [0.2, 0.25) is 16.3 Å². The molecule has 46 heavy (non-hydrogen) atoms. The zero-order chi connectivity index (χ0) is 32.8. The van der Waals surface area contributed by atoms with Crippen LogP contribution in [-0.2, 0) is 11.8 Å². The molecule has 0 radical (unpaired) electrons. The molecular weight excluding hydrogens is 626 g/mol. The Morgan fingerprint density at radius 3 is 2.35 bits per heavy atom. The van der Waals surface area contributed by atoms with Crippen LogP contribution in [0.25, 0.3) is 22.3 Å². The third-order valence-electron chi connectivity index (χ3n) is 8.44. The Balaban J connectivity index is 1.41. The Morgan fingerprint density at radius 2 is 1.70 bits per heavy atom. The number of aromatic hydroxyl groups is 1. The summed E-state index contributed by atoms with van der Waals surface area (Å²) in [6.07, 6.45) is 1.11. The van der Waals surface area contributed by atoms with E-state index in [2.05, 4.69) is 15.5 Å². The summed E-state index contributed by atoms with van der Waals surface area (Å²) in [6.45, 7) is 0. The number of aliphatic hydroxyl groups is 2. The number of aromatic nitrogens is 1. The number of hydrogen-bond donors (Lipinski definition) is 5. The van der Waals surface area contributed by atoms with E-state index in [0.717, 1.165) is 19.4 Å². The molecule has 0 fully saturated rings. The van der Waals surface area contributed by atoms with E-state index in [1.54, 1.807) is 0 Å². The topological polar surface area (TPSA) is 226 Å². The van der Waals surface area contributed by atoms with Crippen molar-refractivity contribution in [3.8, 4) is 11.5 Å². The molecule has 4 aliphatic rings. The van der Waals surface area contributed by atoms with Crippen molar-refractivity contribution < 1.29 is 29.3 Å². The van der Waals surface area contributed by atoms with Crippen molar-refractivity contribution in [2.45, 2.75) is 18.3 Å². The number of aromatic amines is 1. The van der Waals surface area contributed by atoms with Crippen LogP contribution in [-0.4, -0.2) is 39.5 Å². The van der Waals surface area contributed by atoms with Gasteiger partial charge in [-0.15, -0.1) is 0 Å². The Labute approximate surface area is 257 Å². The van der Waals surface area contributed by atoms with E-state index in [9.17, 15) is 44.1 Å². The van der Waals surface area contributed by atoms with Crippen molar-refractivity contribution in [2.24, 2.45) is 5.10 Å². The highest BCUT2D eigenvalue weighted by atomic mass is 35.5.